The van der Waals surface area contributed by atoms with E-state index >= 15 is 0 Å². The summed E-state index contributed by atoms with van der Waals surface area (Å²) in [6, 6.07) is 11.5. The molecule has 3 aromatic rings. The molecule has 0 spiro atoms. The third-order valence-electron chi connectivity index (χ3n) is 4.78. The van der Waals surface area contributed by atoms with Gasteiger partial charge in [0.05, 0.1) is 16.1 Å². The van der Waals surface area contributed by atoms with Gasteiger partial charge in [-0.15, -0.1) is 0 Å². The van der Waals surface area contributed by atoms with Crippen LogP contribution in [0, 0.1) is 12.7 Å². The number of aryl methyl sites for hydroxylation is 1. The van der Waals surface area contributed by atoms with E-state index in [0.717, 1.165) is 0 Å². The van der Waals surface area contributed by atoms with Gasteiger partial charge in [-0.1, -0.05) is 13.0 Å². The molecule has 2 heterocycles. The van der Waals surface area contributed by atoms with Crippen LogP contribution in [0.1, 0.15) is 29.3 Å². The van der Waals surface area contributed by atoms with Crippen molar-refractivity contribution in [1.29, 1.82) is 0 Å². The van der Waals surface area contributed by atoms with Crippen LogP contribution in [-0.2, 0) is 10.0 Å². The maximum Gasteiger partial charge on any atom is 0.263 e. The highest BCUT2D eigenvalue weighted by molar-refractivity contribution is 7.92. The summed E-state index contributed by atoms with van der Waals surface area (Å²) < 4.78 is 48.0. The summed E-state index contributed by atoms with van der Waals surface area (Å²) in [5.74, 6) is -0.118. The summed E-state index contributed by atoms with van der Waals surface area (Å²) in [4.78, 5) is 18.8. The monoisotopic (exact) mass is 441 g/mol. The largest absolute Gasteiger partial charge is 0.453 e. The predicted molar refractivity (Wildman–Crippen MR) is 115 cm³/mol. The Morgan fingerprint density at radius 1 is 1.13 bits per heavy atom. The highest BCUT2D eigenvalue weighted by Gasteiger charge is 2.30. The zero-order valence-corrected chi connectivity index (χ0v) is 17.7. The SMILES string of the molecule is CCCN1C(=O)c2cc(S(=O)(=O)Nc3ccc(C)cc3F)ccc2Oc2cccnc21. The molecule has 2 aromatic carbocycles. The Morgan fingerprint density at radius 3 is 2.68 bits per heavy atom. The highest BCUT2D eigenvalue weighted by Crippen LogP contribution is 2.38. The minimum Gasteiger partial charge on any atom is -0.453 e. The predicted octanol–water partition coefficient (Wildman–Crippen LogP) is 4.49. The second-order valence-electron chi connectivity index (χ2n) is 7.13. The standard InChI is InChI=1S/C22H20FN3O4S/c1-3-11-26-21-20(5-4-10-24-21)30-19-9-7-15(13-16(19)22(26)27)31(28,29)25-18-8-6-14(2)12-17(18)23/h4-10,12-13,25H,3,11H2,1-2H3. The normalized spacial score (nSPS) is 13.1. The van der Waals surface area contributed by atoms with E-state index in [0.29, 0.717) is 30.1 Å². The van der Waals surface area contributed by atoms with Crippen molar-refractivity contribution >= 4 is 27.4 Å². The van der Waals surface area contributed by atoms with E-state index in [1.54, 1.807) is 31.3 Å². The molecule has 0 radical (unpaired) electrons. The van der Waals surface area contributed by atoms with Gasteiger partial charge < -0.3 is 4.74 Å². The van der Waals surface area contributed by atoms with Crippen LogP contribution in [0.4, 0.5) is 15.9 Å². The van der Waals surface area contributed by atoms with Gasteiger partial charge in [0, 0.05) is 12.7 Å². The average molecular weight is 441 g/mol. The molecule has 0 atom stereocenters. The number of halogens is 1. The Balaban J connectivity index is 1.75. The summed E-state index contributed by atoms with van der Waals surface area (Å²) in [5.41, 5.74) is 0.573. The number of nitrogens with zero attached hydrogens (tertiary/aromatic N) is 2. The molecule has 4 rings (SSSR count). The van der Waals surface area contributed by atoms with Crippen LogP contribution in [-0.4, -0.2) is 25.9 Å². The number of carbonyl (C=O) groups excluding carboxylic acids is 1. The van der Waals surface area contributed by atoms with Crippen molar-refractivity contribution in [2.24, 2.45) is 0 Å². The smallest absolute Gasteiger partial charge is 0.263 e. The number of ether oxygens (including phenoxy) is 1. The van der Waals surface area contributed by atoms with Crippen molar-refractivity contribution in [2.75, 3.05) is 16.2 Å². The molecule has 31 heavy (non-hydrogen) atoms. The van der Waals surface area contributed by atoms with Gasteiger partial charge in [0.15, 0.2) is 11.6 Å². The molecular weight excluding hydrogens is 421 g/mol. The molecule has 0 fully saturated rings. The first-order chi connectivity index (χ1) is 14.8. The van der Waals surface area contributed by atoms with E-state index in [1.165, 1.54) is 35.2 Å². The van der Waals surface area contributed by atoms with Crippen molar-refractivity contribution in [2.45, 2.75) is 25.2 Å². The van der Waals surface area contributed by atoms with Crippen molar-refractivity contribution < 1.29 is 22.3 Å². The van der Waals surface area contributed by atoms with Gasteiger partial charge in [-0.2, -0.15) is 0 Å². The van der Waals surface area contributed by atoms with Gasteiger partial charge in [0.25, 0.3) is 15.9 Å². The molecule has 160 valence electrons. The molecule has 0 bridgehead atoms. The Morgan fingerprint density at radius 2 is 1.94 bits per heavy atom. The molecule has 7 nitrogen and oxygen atoms in total. The van der Waals surface area contributed by atoms with E-state index in [9.17, 15) is 17.6 Å². The van der Waals surface area contributed by atoms with E-state index in [1.807, 2.05) is 6.92 Å². The molecule has 0 saturated carbocycles. The van der Waals surface area contributed by atoms with Crippen molar-refractivity contribution in [3.63, 3.8) is 0 Å². The Bertz CT molecular complexity index is 1280. The maximum absolute atomic E-state index is 14.2. The number of hydrogen-bond acceptors (Lipinski definition) is 5. The fourth-order valence-electron chi connectivity index (χ4n) is 3.29. The maximum atomic E-state index is 14.2. The zero-order chi connectivity index (χ0) is 22.2. The molecule has 1 aromatic heterocycles. The van der Waals surface area contributed by atoms with Gasteiger partial charge in [0.2, 0.25) is 0 Å². The van der Waals surface area contributed by atoms with Crippen LogP contribution in [0.3, 0.4) is 0 Å². The minimum absolute atomic E-state index is 0.0821. The fourth-order valence-corrected chi connectivity index (χ4v) is 4.39. The van der Waals surface area contributed by atoms with Crippen LogP contribution in [0.5, 0.6) is 11.5 Å². The lowest BCUT2D eigenvalue weighted by molar-refractivity contribution is 0.0986. The molecule has 1 aliphatic rings. The number of rotatable bonds is 5. The molecular formula is C22H20FN3O4S. The summed E-state index contributed by atoms with van der Waals surface area (Å²) in [6.45, 7) is 4.01. The lowest BCUT2D eigenvalue weighted by Crippen LogP contribution is -2.31. The summed E-state index contributed by atoms with van der Waals surface area (Å²) in [5, 5.41) is 0. The number of nitrogens with one attached hydrogen (secondary N) is 1. The van der Waals surface area contributed by atoms with Crippen molar-refractivity contribution in [3.05, 3.63) is 71.7 Å². The van der Waals surface area contributed by atoms with E-state index in [-0.39, 0.29) is 21.9 Å². The van der Waals surface area contributed by atoms with Crippen LogP contribution in [0.15, 0.2) is 59.6 Å². The molecule has 0 aliphatic carbocycles. The number of carbonyl (C=O) groups is 1. The van der Waals surface area contributed by atoms with E-state index < -0.39 is 21.7 Å². The fraction of sp³-hybridized carbons (Fsp3) is 0.182. The lowest BCUT2D eigenvalue weighted by Gasteiger charge is -2.20. The van der Waals surface area contributed by atoms with E-state index in [2.05, 4.69) is 9.71 Å². The molecule has 1 N–H and O–H groups in total. The van der Waals surface area contributed by atoms with Gasteiger partial charge in [-0.3, -0.25) is 14.4 Å². The highest BCUT2D eigenvalue weighted by atomic mass is 32.2. The van der Waals surface area contributed by atoms with Gasteiger partial charge in [-0.05, 0) is 61.4 Å². The van der Waals surface area contributed by atoms with Crippen LogP contribution < -0.4 is 14.4 Å². The van der Waals surface area contributed by atoms with Gasteiger partial charge >= 0.3 is 0 Å². The van der Waals surface area contributed by atoms with Crippen molar-refractivity contribution in [1.82, 2.24) is 4.98 Å². The summed E-state index contributed by atoms with van der Waals surface area (Å²) in [6.07, 6.45) is 2.23. The van der Waals surface area contributed by atoms with Gasteiger partial charge in [0.1, 0.15) is 11.6 Å². The second-order valence-corrected chi connectivity index (χ2v) is 8.81. The number of hydrogen-bond donors (Lipinski definition) is 1. The van der Waals surface area contributed by atoms with Crippen molar-refractivity contribution in [3.8, 4) is 11.5 Å². The number of fused-ring (bicyclic) bond motifs is 2. The quantitative estimate of drug-likeness (QED) is 0.630. The first kappa shape index (κ1) is 20.8. The number of amides is 1. The molecule has 1 aliphatic heterocycles. The number of sulfonamides is 1. The molecule has 9 heteroatoms. The molecule has 0 saturated heterocycles. The molecule has 1 amide bonds. The number of pyridine rings is 1. The third kappa shape index (κ3) is 3.96. The molecule has 0 unspecified atom stereocenters. The van der Waals surface area contributed by atoms with Crippen LogP contribution in [0.2, 0.25) is 0 Å². The number of benzene rings is 2. The number of aromatic nitrogens is 1. The zero-order valence-electron chi connectivity index (χ0n) is 16.9. The Labute approximate surface area is 179 Å². The second kappa shape index (κ2) is 7.99. The van der Waals surface area contributed by atoms with Gasteiger partial charge in [-0.25, -0.2) is 17.8 Å². The average Bonchev–Trinajstić information content (AvgIpc) is 2.85. The van der Waals surface area contributed by atoms with E-state index in [4.69, 9.17) is 4.74 Å². The van der Waals surface area contributed by atoms with Crippen LogP contribution >= 0.6 is 0 Å². The first-order valence-corrected chi connectivity index (χ1v) is 11.2. The topological polar surface area (TPSA) is 88.6 Å². The first-order valence-electron chi connectivity index (χ1n) is 9.68. The van der Waals surface area contributed by atoms with Crippen LogP contribution in [0.25, 0.3) is 0 Å². The minimum atomic E-state index is -4.15. The third-order valence-corrected chi connectivity index (χ3v) is 6.14. The summed E-state index contributed by atoms with van der Waals surface area (Å²) in [7, 11) is -4.15. The lowest BCUT2D eigenvalue weighted by atomic mass is 10.1. The Hall–Kier alpha value is -3.46. The Kier molecular flexibility index (Phi) is 5.36. The summed E-state index contributed by atoms with van der Waals surface area (Å²) >= 11 is 0. The number of anilines is 2.